The summed E-state index contributed by atoms with van der Waals surface area (Å²) in [5.41, 5.74) is 6.45. The molecule has 19 heavy (non-hydrogen) atoms. The van der Waals surface area contributed by atoms with Crippen molar-refractivity contribution in [2.45, 2.75) is 17.0 Å². The summed E-state index contributed by atoms with van der Waals surface area (Å²) in [6.07, 6.45) is 0. The average Bonchev–Trinajstić information content (AvgIpc) is 2.30. The number of nitrogens with two attached hydrogens (primary N) is 1. The van der Waals surface area contributed by atoms with E-state index in [2.05, 4.69) is 9.97 Å². The van der Waals surface area contributed by atoms with Crippen molar-refractivity contribution in [3.8, 4) is 0 Å². The fourth-order valence-corrected chi connectivity index (χ4v) is 2.64. The van der Waals surface area contributed by atoms with Crippen LogP contribution in [0.15, 0.2) is 39.1 Å². The van der Waals surface area contributed by atoms with E-state index in [0.717, 1.165) is 0 Å². The highest BCUT2D eigenvalue weighted by atomic mass is 35.5. The van der Waals surface area contributed by atoms with Gasteiger partial charge in [0.05, 0.1) is 0 Å². The molecule has 1 aromatic carbocycles. The highest BCUT2D eigenvalue weighted by molar-refractivity contribution is 7.99. The third-order valence-electron chi connectivity index (χ3n) is 2.29. The Balaban J connectivity index is 2.43. The number of hydrogen-bond donors (Lipinski definition) is 3. The maximum absolute atomic E-state index is 11.4. The molecule has 2 rings (SSSR count). The van der Waals surface area contributed by atoms with Crippen molar-refractivity contribution in [3.63, 3.8) is 0 Å². The van der Waals surface area contributed by atoms with E-state index in [0.29, 0.717) is 26.3 Å². The molecule has 0 amide bonds. The van der Waals surface area contributed by atoms with Gasteiger partial charge in [-0.3, -0.25) is 10.2 Å². The molecule has 0 fully saturated rings. The van der Waals surface area contributed by atoms with Gasteiger partial charge in [-0.2, -0.15) is 0 Å². The van der Waals surface area contributed by atoms with Crippen LogP contribution in [-0.4, -0.2) is 15.8 Å². The van der Waals surface area contributed by atoms with Crippen LogP contribution in [0.3, 0.4) is 0 Å². The van der Waals surface area contributed by atoms with E-state index < -0.39 is 0 Å². The van der Waals surface area contributed by atoms with Crippen LogP contribution in [0.4, 0.5) is 0 Å². The summed E-state index contributed by atoms with van der Waals surface area (Å²) in [6.45, 7) is 1.74. The summed E-state index contributed by atoms with van der Waals surface area (Å²) in [5.74, 6) is -0.0833. The van der Waals surface area contributed by atoms with E-state index in [1.54, 1.807) is 25.1 Å². The molecule has 0 aliphatic heterocycles. The minimum absolute atomic E-state index is 0.0833. The molecule has 4 N–H and O–H groups in total. The molecule has 0 saturated heterocycles. The summed E-state index contributed by atoms with van der Waals surface area (Å²) < 4.78 is 0. The predicted molar refractivity (Wildman–Crippen MR) is 76.2 cm³/mol. The molecule has 0 aliphatic rings. The lowest BCUT2D eigenvalue weighted by Crippen LogP contribution is -2.13. The van der Waals surface area contributed by atoms with Gasteiger partial charge in [0.25, 0.3) is 5.56 Å². The number of aryl methyl sites for hydroxylation is 1. The zero-order chi connectivity index (χ0) is 14.0. The molecule has 1 aromatic heterocycles. The number of aromatic amines is 1. The molecule has 0 atom stereocenters. The first-order chi connectivity index (χ1) is 8.95. The fourth-order valence-electron chi connectivity index (χ4n) is 1.51. The molecule has 0 unspecified atom stereocenters. The van der Waals surface area contributed by atoms with Crippen molar-refractivity contribution in [2.24, 2.45) is 5.73 Å². The lowest BCUT2D eigenvalue weighted by atomic mass is 10.2. The predicted octanol–water partition coefficient (Wildman–Crippen LogP) is 2.17. The first kappa shape index (κ1) is 13.6. The van der Waals surface area contributed by atoms with E-state index in [4.69, 9.17) is 22.7 Å². The summed E-state index contributed by atoms with van der Waals surface area (Å²) in [7, 11) is 0. The van der Waals surface area contributed by atoms with E-state index in [-0.39, 0.29) is 11.4 Å². The number of aromatic nitrogens is 2. The SMILES string of the molecule is Cc1cc(=O)[nH]c(Sc2ccc(Cl)cc2C(=N)N)n1. The fraction of sp³-hybridized carbons (Fsp3) is 0.0833. The standard InChI is InChI=1S/C12H11ClN4OS/c1-6-4-10(18)17-12(16-6)19-9-3-2-7(13)5-8(9)11(14)15/h2-5H,1H3,(H3,14,15)(H,16,17,18). The molecule has 2 aromatic rings. The summed E-state index contributed by atoms with van der Waals surface area (Å²) in [4.78, 5) is 18.9. The number of amidine groups is 1. The maximum Gasteiger partial charge on any atom is 0.251 e. The van der Waals surface area contributed by atoms with Gasteiger partial charge in [-0.1, -0.05) is 23.4 Å². The van der Waals surface area contributed by atoms with Gasteiger partial charge in [0.15, 0.2) is 5.16 Å². The molecule has 0 spiro atoms. The zero-order valence-electron chi connectivity index (χ0n) is 10.0. The van der Waals surface area contributed by atoms with Crippen LogP contribution in [0.25, 0.3) is 0 Å². The van der Waals surface area contributed by atoms with Gasteiger partial charge < -0.3 is 10.7 Å². The first-order valence-electron chi connectivity index (χ1n) is 5.35. The van der Waals surface area contributed by atoms with Crippen LogP contribution in [0.2, 0.25) is 5.02 Å². The molecule has 98 valence electrons. The number of halogens is 1. The number of H-pyrrole nitrogens is 1. The van der Waals surface area contributed by atoms with Gasteiger partial charge >= 0.3 is 0 Å². The van der Waals surface area contributed by atoms with Gasteiger partial charge in [0.1, 0.15) is 5.84 Å². The topological polar surface area (TPSA) is 95.6 Å². The van der Waals surface area contributed by atoms with Crippen LogP contribution in [0.1, 0.15) is 11.3 Å². The summed E-state index contributed by atoms with van der Waals surface area (Å²) in [5, 5.41) is 8.49. The molecule has 7 heteroatoms. The van der Waals surface area contributed by atoms with E-state index >= 15 is 0 Å². The minimum atomic E-state index is -0.215. The number of nitrogens with one attached hydrogen (secondary N) is 2. The smallest absolute Gasteiger partial charge is 0.251 e. The van der Waals surface area contributed by atoms with E-state index in [1.807, 2.05) is 0 Å². The van der Waals surface area contributed by atoms with Gasteiger partial charge in [-0.15, -0.1) is 0 Å². The van der Waals surface area contributed by atoms with Crippen molar-refractivity contribution >= 4 is 29.2 Å². The van der Waals surface area contributed by atoms with Crippen LogP contribution in [0, 0.1) is 12.3 Å². The van der Waals surface area contributed by atoms with E-state index in [9.17, 15) is 4.79 Å². The van der Waals surface area contributed by atoms with Crippen molar-refractivity contribution in [1.29, 1.82) is 5.41 Å². The molecule has 0 bridgehead atoms. The second-order valence-electron chi connectivity index (χ2n) is 3.85. The Bertz CT molecular complexity index is 698. The molecule has 0 aliphatic carbocycles. The Hall–Kier alpha value is -1.79. The summed E-state index contributed by atoms with van der Waals surface area (Å²) in [6, 6.07) is 6.47. The molecule has 5 nitrogen and oxygen atoms in total. The molecule has 0 radical (unpaired) electrons. The third kappa shape index (κ3) is 3.36. The van der Waals surface area contributed by atoms with Crippen molar-refractivity contribution in [1.82, 2.24) is 9.97 Å². The highest BCUT2D eigenvalue weighted by Crippen LogP contribution is 2.29. The van der Waals surface area contributed by atoms with E-state index in [1.165, 1.54) is 17.8 Å². The lowest BCUT2D eigenvalue weighted by molar-refractivity contribution is 0.905. The number of benzene rings is 1. The Morgan fingerprint density at radius 3 is 2.84 bits per heavy atom. The average molecular weight is 295 g/mol. The lowest BCUT2D eigenvalue weighted by Gasteiger charge is -2.08. The molecular weight excluding hydrogens is 284 g/mol. The maximum atomic E-state index is 11.4. The number of nitrogen functional groups attached to an aromatic ring is 1. The Morgan fingerprint density at radius 1 is 1.47 bits per heavy atom. The molecule has 0 saturated carbocycles. The minimum Gasteiger partial charge on any atom is -0.384 e. The van der Waals surface area contributed by atoms with Gasteiger partial charge in [0.2, 0.25) is 0 Å². The molecular formula is C12H11ClN4OS. The van der Waals surface area contributed by atoms with Gasteiger partial charge in [0, 0.05) is 27.2 Å². The van der Waals surface area contributed by atoms with Gasteiger partial charge in [-0.05, 0) is 25.1 Å². The zero-order valence-corrected chi connectivity index (χ0v) is 11.6. The number of rotatable bonds is 3. The molecule has 1 heterocycles. The quantitative estimate of drug-likeness (QED) is 0.459. The van der Waals surface area contributed by atoms with Crippen LogP contribution < -0.4 is 11.3 Å². The van der Waals surface area contributed by atoms with Crippen molar-refractivity contribution < 1.29 is 0 Å². The van der Waals surface area contributed by atoms with Crippen LogP contribution in [-0.2, 0) is 0 Å². The highest BCUT2D eigenvalue weighted by Gasteiger charge is 2.09. The Labute approximate surface area is 118 Å². The number of nitrogens with zero attached hydrogens (tertiary/aromatic N) is 1. The second-order valence-corrected chi connectivity index (χ2v) is 5.32. The normalized spacial score (nSPS) is 10.4. The van der Waals surface area contributed by atoms with Crippen LogP contribution >= 0.6 is 23.4 Å². The van der Waals surface area contributed by atoms with Crippen molar-refractivity contribution in [3.05, 3.63) is 50.9 Å². The second kappa shape index (κ2) is 5.46. The van der Waals surface area contributed by atoms with Gasteiger partial charge in [-0.25, -0.2) is 4.98 Å². The van der Waals surface area contributed by atoms with Crippen molar-refractivity contribution in [2.75, 3.05) is 0 Å². The Morgan fingerprint density at radius 2 is 2.21 bits per heavy atom. The third-order valence-corrected chi connectivity index (χ3v) is 3.48. The number of hydrogen-bond acceptors (Lipinski definition) is 4. The Kier molecular flexibility index (Phi) is 3.92. The van der Waals surface area contributed by atoms with Crippen LogP contribution in [0.5, 0.6) is 0 Å². The summed E-state index contributed by atoms with van der Waals surface area (Å²) >= 11 is 7.11. The first-order valence-corrected chi connectivity index (χ1v) is 6.55. The monoisotopic (exact) mass is 294 g/mol. The largest absolute Gasteiger partial charge is 0.384 e.